The highest BCUT2D eigenvalue weighted by atomic mass is 127. The number of hydrogen-bond donors (Lipinski definition) is 2. The quantitative estimate of drug-likeness (QED) is 0.318. The lowest BCUT2D eigenvalue weighted by atomic mass is 10.0. The highest BCUT2D eigenvalue weighted by Crippen LogP contribution is 2.19. The monoisotopic (exact) mass is 514 g/mol. The minimum atomic E-state index is -0.0381. The summed E-state index contributed by atoms with van der Waals surface area (Å²) in [6.07, 6.45) is 5.63. The number of nitrogens with zero attached hydrogens (tertiary/aromatic N) is 2. The lowest BCUT2D eigenvalue weighted by Crippen LogP contribution is -2.46. The number of guanidine groups is 1. The zero-order valence-electron chi connectivity index (χ0n) is 17.7. The van der Waals surface area contributed by atoms with Crippen molar-refractivity contribution in [3.8, 4) is 5.75 Å². The van der Waals surface area contributed by atoms with Crippen molar-refractivity contribution < 1.29 is 9.53 Å². The molecule has 0 bridgehead atoms. The third-order valence-corrected chi connectivity index (χ3v) is 5.19. The molecule has 1 unspecified atom stereocenters. The largest absolute Gasteiger partial charge is 0.484 e. The molecule has 0 radical (unpaired) electrons. The predicted molar refractivity (Wildman–Crippen MR) is 128 cm³/mol. The molecule has 2 N–H and O–H groups in total. The summed E-state index contributed by atoms with van der Waals surface area (Å²) in [5.74, 6) is 2.46. The molecule has 6 nitrogen and oxygen atoms in total. The fourth-order valence-electron chi connectivity index (χ4n) is 3.50. The van der Waals surface area contributed by atoms with E-state index >= 15 is 0 Å². The summed E-state index contributed by atoms with van der Waals surface area (Å²) < 4.78 is 5.56. The molecule has 1 aromatic rings. The fraction of sp³-hybridized carbons (Fsp3) is 0.636. The van der Waals surface area contributed by atoms with E-state index in [1.807, 2.05) is 12.1 Å². The van der Waals surface area contributed by atoms with Crippen molar-refractivity contribution in [3.05, 3.63) is 29.8 Å². The number of nitrogens with one attached hydrogen (secondary N) is 2. The Bertz CT molecular complexity index is 661. The third-order valence-electron chi connectivity index (χ3n) is 5.19. The minimum absolute atomic E-state index is 0. The molecule has 1 heterocycles. The van der Waals surface area contributed by atoms with E-state index in [-0.39, 0.29) is 36.5 Å². The van der Waals surface area contributed by atoms with Gasteiger partial charge in [0.05, 0.1) is 0 Å². The normalized spacial score (nSPS) is 19.3. The Morgan fingerprint density at radius 3 is 2.66 bits per heavy atom. The van der Waals surface area contributed by atoms with Gasteiger partial charge in [0.2, 0.25) is 0 Å². The van der Waals surface area contributed by atoms with Crippen LogP contribution in [0.5, 0.6) is 5.75 Å². The van der Waals surface area contributed by atoms with E-state index in [2.05, 4.69) is 41.5 Å². The van der Waals surface area contributed by atoms with Gasteiger partial charge in [-0.2, -0.15) is 0 Å². The average Bonchev–Trinajstić information content (AvgIpc) is 3.50. The van der Waals surface area contributed by atoms with Gasteiger partial charge in [-0.3, -0.25) is 9.79 Å². The smallest absolute Gasteiger partial charge is 0.258 e. The summed E-state index contributed by atoms with van der Waals surface area (Å²) in [5.41, 5.74) is 1.22. The van der Waals surface area contributed by atoms with Crippen LogP contribution in [0.1, 0.15) is 45.1 Å². The Hall–Kier alpha value is -1.51. The molecule has 7 heteroatoms. The van der Waals surface area contributed by atoms with Crippen molar-refractivity contribution in [2.45, 2.75) is 52.0 Å². The highest BCUT2D eigenvalue weighted by Gasteiger charge is 2.23. The van der Waals surface area contributed by atoms with Gasteiger partial charge in [-0.1, -0.05) is 19.1 Å². The van der Waals surface area contributed by atoms with E-state index in [0.717, 1.165) is 63.1 Å². The van der Waals surface area contributed by atoms with E-state index in [1.165, 1.54) is 18.4 Å². The minimum Gasteiger partial charge on any atom is -0.484 e. The summed E-state index contributed by atoms with van der Waals surface area (Å²) in [6, 6.07) is 8.35. The molecule has 1 atom stereocenters. The number of carbonyl (C=O) groups is 1. The van der Waals surface area contributed by atoms with Crippen LogP contribution in [0, 0.1) is 5.92 Å². The molecule has 1 aliphatic heterocycles. The van der Waals surface area contributed by atoms with Crippen LogP contribution in [-0.2, 0) is 11.2 Å². The van der Waals surface area contributed by atoms with E-state index < -0.39 is 0 Å². The van der Waals surface area contributed by atoms with E-state index in [0.29, 0.717) is 6.04 Å². The molecule has 1 amide bonds. The van der Waals surface area contributed by atoms with E-state index in [9.17, 15) is 4.79 Å². The third kappa shape index (κ3) is 8.40. The number of rotatable bonds is 8. The molecule has 1 aliphatic carbocycles. The van der Waals surface area contributed by atoms with Crippen molar-refractivity contribution in [2.24, 2.45) is 10.9 Å². The molecule has 3 rings (SSSR count). The van der Waals surface area contributed by atoms with Gasteiger partial charge in [0.15, 0.2) is 12.6 Å². The van der Waals surface area contributed by atoms with Gasteiger partial charge in [-0.05, 0) is 62.6 Å². The van der Waals surface area contributed by atoms with Crippen LogP contribution in [0.3, 0.4) is 0 Å². The first-order chi connectivity index (χ1) is 13.6. The number of hydrogen-bond acceptors (Lipinski definition) is 3. The summed E-state index contributed by atoms with van der Waals surface area (Å²) >= 11 is 0. The van der Waals surface area contributed by atoms with E-state index in [4.69, 9.17) is 9.73 Å². The van der Waals surface area contributed by atoms with Gasteiger partial charge in [-0.15, -0.1) is 24.0 Å². The highest BCUT2D eigenvalue weighted by molar-refractivity contribution is 14.0. The Balaban J connectivity index is 0.00000300. The first-order valence-corrected chi connectivity index (χ1v) is 10.7. The Labute approximate surface area is 191 Å². The molecular formula is C22H35IN4O2. The molecule has 0 aromatic heterocycles. The number of carbonyl (C=O) groups excluding carboxylic acids is 1. The van der Waals surface area contributed by atoms with Crippen LogP contribution in [-0.4, -0.2) is 55.6 Å². The molecule has 29 heavy (non-hydrogen) atoms. The molecule has 0 spiro atoms. The molecular weight excluding hydrogens is 479 g/mol. The summed E-state index contributed by atoms with van der Waals surface area (Å²) in [4.78, 5) is 18.9. The number of ether oxygens (including phenoxy) is 1. The Morgan fingerprint density at radius 1 is 1.24 bits per heavy atom. The lowest BCUT2D eigenvalue weighted by Gasteiger charge is -2.33. The van der Waals surface area contributed by atoms with Crippen LogP contribution >= 0.6 is 24.0 Å². The van der Waals surface area contributed by atoms with Crippen LogP contribution < -0.4 is 15.4 Å². The van der Waals surface area contributed by atoms with Gasteiger partial charge in [0.1, 0.15) is 5.75 Å². The average molecular weight is 514 g/mol. The van der Waals surface area contributed by atoms with Gasteiger partial charge in [0.25, 0.3) is 5.91 Å². The second-order valence-corrected chi connectivity index (χ2v) is 7.95. The van der Waals surface area contributed by atoms with Gasteiger partial charge in [-0.25, -0.2) is 0 Å². The van der Waals surface area contributed by atoms with Crippen LogP contribution in [0.15, 0.2) is 29.3 Å². The molecule has 1 saturated heterocycles. The Morgan fingerprint density at radius 2 is 2.00 bits per heavy atom. The van der Waals surface area contributed by atoms with Crippen molar-refractivity contribution in [1.29, 1.82) is 0 Å². The SMILES string of the molecule is CCNC(=NCCc1ccc(OCC(=O)NC2CC2)cc1)N1CCCC(C)C1.I. The van der Waals surface area contributed by atoms with E-state index in [1.54, 1.807) is 0 Å². The molecule has 162 valence electrons. The van der Waals surface area contributed by atoms with Gasteiger partial charge < -0.3 is 20.3 Å². The number of piperidine rings is 1. The Kier molecular flexibility index (Phi) is 10.0. The fourth-order valence-corrected chi connectivity index (χ4v) is 3.50. The molecule has 2 fully saturated rings. The summed E-state index contributed by atoms with van der Waals surface area (Å²) in [6.45, 7) is 8.35. The summed E-state index contributed by atoms with van der Waals surface area (Å²) in [5, 5.41) is 6.36. The first kappa shape index (κ1) is 23.8. The van der Waals surface area contributed by atoms with Crippen molar-refractivity contribution >= 4 is 35.8 Å². The number of amides is 1. The number of aliphatic imine (C=N–C) groups is 1. The van der Waals surface area contributed by atoms with Gasteiger partial charge >= 0.3 is 0 Å². The molecule has 2 aliphatic rings. The summed E-state index contributed by atoms with van der Waals surface area (Å²) in [7, 11) is 0. The van der Waals surface area contributed by atoms with Gasteiger partial charge in [0, 0.05) is 32.2 Å². The molecule has 1 aromatic carbocycles. The number of benzene rings is 1. The van der Waals surface area contributed by atoms with Crippen LogP contribution in [0.4, 0.5) is 0 Å². The zero-order valence-corrected chi connectivity index (χ0v) is 20.0. The second kappa shape index (κ2) is 12.2. The maximum absolute atomic E-state index is 11.7. The van der Waals surface area contributed by atoms with Crippen molar-refractivity contribution in [1.82, 2.24) is 15.5 Å². The number of halogens is 1. The topological polar surface area (TPSA) is 66.0 Å². The zero-order chi connectivity index (χ0) is 19.8. The lowest BCUT2D eigenvalue weighted by molar-refractivity contribution is -0.123. The maximum Gasteiger partial charge on any atom is 0.258 e. The maximum atomic E-state index is 11.7. The first-order valence-electron chi connectivity index (χ1n) is 10.7. The standard InChI is InChI=1S/C22H34N4O2.HI/c1-3-23-22(26-14-4-5-17(2)15-26)24-13-12-18-6-10-20(11-7-18)28-16-21(27)25-19-8-9-19;/h6-7,10-11,17,19H,3-5,8-9,12-16H2,1-2H3,(H,23,24)(H,25,27);1H. The van der Waals surface area contributed by atoms with Crippen molar-refractivity contribution in [2.75, 3.05) is 32.8 Å². The second-order valence-electron chi connectivity index (χ2n) is 7.95. The molecule has 1 saturated carbocycles. The van der Waals surface area contributed by atoms with Crippen molar-refractivity contribution in [3.63, 3.8) is 0 Å². The van der Waals surface area contributed by atoms with Crippen LogP contribution in [0.25, 0.3) is 0 Å². The predicted octanol–water partition coefficient (Wildman–Crippen LogP) is 3.20. The van der Waals surface area contributed by atoms with Crippen LogP contribution in [0.2, 0.25) is 0 Å². The number of likely N-dealkylation sites (tertiary alicyclic amines) is 1.